The normalized spacial score (nSPS) is 52.2. The summed E-state index contributed by atoms with van der Waals surface area (Å²) < 4.78 is 0. The van der Waals surface area contributed by atoms with Crippen LogP contribution in [0.3, 0.4) is 0 Å². The number of hydrogen-bond donors (Lipinski definition) is 2. The van der Waals surface area contributed by atoms with Gasteiger partial charge in [0.25, 0.3) is 0 Å². The maximum Gasteiger partial charge on any atom is 0.197 e. The van der Waals surface area contributed by atoms with Gasteiger partial charge in [0.15, 0.2) is 11.5 Å². The highest BCUT2D eigenvalue weighted by Crippen LogP contribution is 2.73. The molecule has 3 fully saturated rings. The van der Waals surface area contributed by atoms with Crippen molar-refractivity contribution in [1.82, 2.24) is 0 Å². The standard InChI is InChI=1S/C27H40O3/c1-24(2)22-7-6-19-18(25(22,3)11-10-23(24)30)9-13-26(4)17(8-12-27(19,26)5)16-14-20(28)21(29)15-16/h6,14,16-18,22-23,28,30H,7-13,15H2,1-5H3/t16-,17+,18+,22+,23-,25-,26-,27-/m1/s1. The summed E-state index contributed by atoms with van der Waals surface area (Å²) in [7, 11) is 0. The molecule has 8 atom stereocenters. The molecule has 0 aromatic carbocycles. The van der Waals surface area contributed by atoms with Crippen molar-refractivity contribution in [3.8, 4) is 0 Å². The van der Waals surface area contributed by atoms with Crippen molar-refractivity contribution in [1.29, 1.82) is 0 Å². The zero-order valence-corrected chi connectivity index (χ0v) is 19.5. The molecule has 0 aromatic rings. The smallest absolute Gasteiger partial charge is 0.197 e. The van der Waals surface area contributed by atoms with Gasteiger partial charge in [0, 0.05) is 6.42 Å². The van der Waals surface area contributed by atoms with Crippen molar-refractivity contribution < 1.29 is 15.0 Å². The Labute approximate surface area is 182 Å². The van der Waals surface area contributed by atoms with Crippen molar-refractivity contribution in [3.63, 3.8) is 0 Å². The SMILES string of the molecule is CC1(C)[C@H](O)CC[C@]2(C)[C@H]3CC[C@]4(C)[C@H]([C@@H]5C=C(O)C(=O)C5)CC[C@]4(C)C3=CC[C@@H]12. The second-order valence-corrected chi connectivity index (χ2v) is 12.7. The molecule has 5 aliphatic carbocycles. The fourth-order valence-electron chi connectivity index (χ4n) is 9.36. The van der Waals surface area contributed by atoms with Crippen LogP contribution in [0, 0.1) is 45.3 Å². The summed E-state index contributed by atoms with van der Waals surface area (Å²) in [4.78, 5) is 12.1. The van der Waals surface area contributed by atoms with Gasteiger partial charge in [-0.25, -0.2) is 0 Å². The molecule has 3 heteroatoms. The average molecular weight is 413 g/mol. The molecule has 0 aliphatic heterocycles. The monoisotopic (exact) mass is 412 g/mol. The Morgan fingerprint density at radius 3 is 2.40 bits per heavy atom. The van der Waals surface area contributed by atoms with Crippen LogP contribution in [0.1, 0.15) is 86.0 Å². The Morgan fingerprint density at radius 1 is 1.00 bits per heavy atom. The van der Waals surface area contributed by atoms with Crippen LogP contribution in [0.5, 0.6) is 0 Å². The minimum atomic E-state index is -0.190. The van der Waals surface area contributed by atoms with Gasteiger partial charge in [-0.2, -0.15) is 0 Å². The molecule has 0 saturated heterocycles. The van der Waals surface area contributed by atoms with Gasteiger partial charge >= 0.3 is 0 Å². The molecule has 2 N–H and O–H groups in total. The highest BCUT2D eigenvalue weighted by atomic mass is 16.3. The summed E-state index contributed by atoms with van der Waals surface area (Å²) >= 11 is 0. The molecular weight excluding hydrogens is 372 g/mol. The first-order valence-corrected chi connectivity index (χ1v) is 12.3. The molecule has 0 amide bonds. The molecule has 0 spiro atoms. The van der Waals surface area contributed by atoms with Crippen molar-refractivity contribution in [2.45, 2.75) is 92.1 Å². The van der Waals surface area contributed by atoms with Crippen LogP contribution in [0.25, 0.3) is 0 Å². The highest BCUT2D eigenvalue weighted by molar-refractivity contribution is 5.95. The topological polar surface area (TPSA) is 57.5 Å². The fourth-order valence-corrected chi connectivity index (χ4v) is 9.36. The minimum Gasteiger partial charge on any atom is -0.505 e. The van der Waals surface area contributed by atoms with E-state index >= 15 is 0 Å². The Kier molecular flexibility index (Phi) is 4.33. The van der Waals surface area contributed by atoms with E-state index < -0.39 is 0 Å². The van der Waals surface area contributed by atoms with Crippen molar-refractivity contribution in [3.05, 3.63) is 23.5 Å². The quantitative estimate of drug-likeness (QED) is 0.521. The first-order chi connectivity index (χ1) is 13.9. The summed E-state index contributed by atoms with van der Waals surface area (Å²) in [6.07, 6.45) is 12.7. The van der Waals surface area contributed by atoms with Crippen LogP contribution in [-0.4, -0.2) is 22.1 Å². The van der Waals surface area contributed by atoms with Crippen LogP contribution in [0.2, 0.25) is 0 Å². The summed E-state index contributed by atoms with van der Waals surface area (Å²) in [5.41, 5.74) is 2.32. The average Bonchev–Trinajstić information content (AvgIpc) is 3.15. The Balaban J connectivity index is 1.52. The van der Waals surface area contributed by atoms with Crippen LogP contribution in [0.15, 0.2) is 23.5 Å². The van der Waals surface area contributed by atoms with Gasteiger partial charge in [0.2, 0.25) is 0 Å². The van der Waals surface area contributed by atoms with E-state index in [2.05, 4.69) is 40.7 Å². The van der Waals surface area contributed by atoms with E-state index in [4.69, 9.17) is 0 Å². The zero-order valence-electron chi connectivity index (χ0n) is 19.5. The van der Waals surface area contributed by atoms with Gasteiger partial charge in [-0.3, -0.25) is 4.79 Å². The molecule has 3 saturated carbocycles. The molecule has 0 unspecified atom stereocenters. The van der Waals surface area contributed by atoms with Gasteiger partial charge in [-0.15, -0.1) is 0 Å². The molecule has 166 valence electrons. The molecule has 30 heavy (non-hydrogen) atoms. The molecule has 5 aliphatic rings. The Morgan fingerprint density at radius 2 is 1.73 bits per heavy atom. The van der Waals surface area contributed by atoms with E-state index in [0.717, 1.165) is 25.7 Å². The highest BCUT2D eigenvalue weighted by Gasteiger charge is 2.65. The van der Waals surface area contributed by atoms with Crippen LogP contribution >= 0.6 is 0 Å². The third kappa shape index (κ3) is 2.39. The lowest BCUT2D eigenvalue weighted by Gasteiger charge is -2.64. The zero-order chi connectivity index (χ0) is 21.7. The van der Waals surface area contributed by atoms with E-state index in [-0.39, 0.29) is 45.2 Å². The first-order valence-electron chi connectivity index (χ1n) is 12.3. The van der Waals surface area contributed by atoms with E-state index in [1.54, 1.807) is 5.57 Å². The largest absolute Gasteiger partial charge is 0.505 e. The number of carbonyl (C=O) groups is 1. The summed E-state index contributed by atoms with van der Waals surface area (Å²) in [6.45, 7) is 12.1. The number of aliphatic hydroxyl groups is 2. The van der Waals surface area contributed by atoms with Crippen LogP contribution in [-0.2, 0) is 4.79 Å². The van der Waals surface area contributed by atoms with Crippen molar-refractivity contribution >= 4 is 5.78 Å². The van der Waals surface area contributed by atoms with Gasteiger partial charge in [0.05, 0.1) is 6.10 Å². The number of fused-ring (bicyclic) bond motifs is 5. The number of carbonyl (C=O) groups excluding carboxylic acids is 1. The molecular formula is C27H40O3. The van der Waals surface area contributed by atoms with Gasteiger partial charge < -0.3 is 10.2 Å². The number of aliphatic hydroxyl groups excluding tert-OH is 2. The lowest BCUT2D eigenvalue weighted by atomic mass is 9.41. The molecule has 0 aromatic heterocycles. The van der Waals surface area contributed by atoms with Gasteiger partial charge in [-0.05, 0) is 96.4 Å². The fraction of sp³-hybridized carbons (Fsp3) is 0.815. The predicted molar refractivity (Wildman–Crippen MR) is 119 cm³/mol. The first kappa shape index (κ1) is 20.8. The van der Waals surface area contributed by atoms with E-state index in [0.29, 0.717) is 24.2 Å². The predicted octanol–water partition coefficient (Wildman–Crippen LogP) is 5.98. The third-order valence-electron chi connectivity index (χ3n) is 11.5. The van der Waals surface area contributed by atoms with Crippen molar-refractivity contribution in [2.75, 3.05) is 0 Å². The molecule has 0 radical (unpaired) electrons. The van der Waals surface area contributed by atoms with Crippen LogP contribution in [0.4, 0.5) is 0 Å². The molecule has 0 bridgehead atoms. The summed E-state index contributed by atoms with van der Waals surface area (Å²) in [5.74, 6) is 1.78. The second kappa shape index (κ2) is 6.24. The number of ketones is 1. The molecule has 0 heterocycles. The Bertz CT molecular complexity index is 837. The lowest BCUT2D eigenvalue weighted by molar-refractivity contribution is -0.131. The number of hydrogen-bond acceptors (Lipinski definition) is 3. The van der Waals surface area contributed by atoms with Crippen LogP contribution < -0.4 is 0 Å². The van der Waals surface area contributed by atoms with E-state index in [1.165, 1.54) is 19.3 Å². The van der Waals surface area contributed by atoms with Crippen molar-refractivity contribution in [2.24, 2.45) is 45.3 Å². The molecule has 5 rings (SSSR count). The van der Waals surface area contributed by atoms with Gasteiger partial charge in [0.1, 0.15) is 0 Å². The number of allylic oxidation sites excluding steroid dienone is 4. The third-order valence-corrected chi connectivity index (χ3v) is 11.5. The number of rotatable bonds is 1. The minimum absolute atomic E-state index is 0.00104. The Hall–Kier alpha value is -1.09. The second-order valence-electron chi connectivity index (χ2n) is 12.7. The number of Topliss-reactive ketones (excluding diaryl/α,β-unsaturated/α-hetero) is 1. The lowest BCUT2D eigenvalue weighted by Crippen LogP contribution is -2.58. The van der Waals surface area contributed by atoms with Gasteiger partial charge in [-0.1, -0.05) is 46.3 Å². The van der Waals surface area contributed by atoms with E-state index in [1.807, 2.05) is 6.08 Å². The maximum atomic E-state index is 12.1. The van der Waals surface area contributed by atoms with E-state index in [9.17, 15) is 15.0 Å². The maximum absolute atomic E-state index is 12.1. The summed E-state index contributed by atoms with van der Waals surface area (Å²) in [6, 6.07) is 0. The summed E-state index contributed by atoms with van der Waals surface area (Å²) in [5, 5.41) is 20.7. The molecule has 3 nitrogen and oxygen atoms in total.